The van der Waals surface area contributed by atoms with Crippen LogP contribution in [0.2, 0.25) is 0 Å². The summed E-state index contributed by atoms with van der Waals surface area (Å²) in [4.78, 5) is 0. The average molecular weight is 562 g/mol. The first kappa shape index (κ1) is 32.7. The number of fused-ring (bicyclic) bond motifs is 5. The van der Waals surface area contributed by atoms with Gasteiger partial charge in [-0.15, -0.1) is 0 Å². The van der Waals surface area contributed by atoms with Crippen molar-refractivity contribution >= 4 is 0 Å². The van der Waals surface area contributed by atoms with E-state index < -0.39 is 0 Å². The van der Waals surface area contributed by atoms with Crippen molar-refractivity contribution in [1.82, 2.24) is 0 Å². The van der Waals surface area contributed by atoms with E-state index in [4.69, 9.17) is 31.4 Å². The second-order valence-corrected chi connectivity index (χ2v) is 14.1. The fourth-order valence-electron chi connectivity index (χ4n) is 9.59. The molecule has 2 radical (unpaired) electrons. The molecule has 9 atom stereocenters. The van der Waals surface area contributed by atoms with Crippen LogP contribution < -0.4 is 17.2 Å². The van der Waals surface area contributed by atoms with Gasteiger partial charge in [-0.25, -0.2) is 0 Å². The highest BCUT2D eigenvalue weighted by atomic mass is 16.5. The summed E-state index contributed by atoms with van der Waals surface area (Å²) >= 11 is 0. The van der Waals surface area contributed by atoms with Crippen molar-refractivity contribution in [2.75, 3.05) is 39.5 Å². The van der Waals surface area contributed by atoms with Gasteiger partial charge in [0.05, 0.1) is 18.3 Å². The third kappa shape index (κ3) is 6.63. The van der Waals surface area contributed by atoms with E-state index in [9.17, 15) is 0 Å². The van der Waals surface area contributed by atoms with Gasteiger partial charge in [-0.05, 0) is 119 Å². The van der Waals surface area contributed by atoms with Gasteiger partial charge in [-0.3, -0.25) is 0 Å². The Labute approximate surface area is 246 Å². The summed E-state index contributed by atoms with van der Waals surface area (Å²) in [6, 6.07) is 0. The molecule has 6 nitrogen and oxygen atoms in total. The molecule has 232 valence electrons. The van der Waals surface area contributed by atoms with Gasteiger partial charge in [0.1, 0.15) is 0 Å². The minimum Gasteiger partial charge on any atom is -0.378 e. The van der Waals surface area contributed by atoms with Crippen molar-refractivity contribution in [1.29, 1.82) is 0 Å². The van der Waals surface area contributed by atoms with Crippen LogP contribution in [-0.4, -0.2) is 57.8 Å². The summed E-state index contributed by atoms with van der Waals surface area (Å²) in [7, 11) is 0. The molecule has 4 saturated carbocycles. The van der Waals surface area contributed by atoms with Gasteiger partial charge in [-0.1, -0.05) is 47.0 Å². The molecule has 0 unspecified atom stereocenters. The Morgan fingerprint density at radius 3 is 2.17 bits per heavy atom. The molecular formula is C34H63N3O3. The Bertz CT molecular complexity index is 754. The van der Waals surface area contributed by atoms with E-state index in [0.29, 0.717) is 43.5 Å². The maximum Gasteiger partial charge on any atom is 0.0649 e. The molecule has 40 heavy (non-hydrogen) atoms. The SMILES string of the molecule is CCCC[C@@H](C)[C@H]1CC[C@H]2[C]3[C@H](OCCCN)C[C]4C[C@H](OCCCN)CC[C@]4(C)[C@H]3C[C@H](OCCCN)[C@]12C. The average Bonchev–Trinajstić information content (AvgIpc) is 3.31. The zero-order valence-electron chi connectivity index (χ0n) is 26.4. The molecule has 4 rings (SSSR count). The van der Waals surface area contributed by atoms with Crippen molar-refractivity contribution in [3.05, 3.63) is 11.8 Å². The molecule has 0 spiro atoms. The van der Waals surface area contributed by atoms with Crippen molar-refractivity contribution in [2.45, 2.75) is 129 Å². The van der Waals surface area contributed by atoms with Crippen molar-refractivity contribution in [2.24, 2.45) is 51.7 Å². The molecule has 0 amide bonds. The fourth-order valence-corrected chi connectivity index (χ4v) is 9.59. The summed E-state index contributed by atoms with van der Waals surface area (Å²) in [5.41, 5.74) is 18.0. The van der Waals surface area contributed by atoms with Crippen molar-refractivity contribution in [3.63, 3.8) is 0 Å². The van der Waals surface area contributed by atoms with E-state index in [1.54, 1.807) is 11.8 Å². The van der Waals surface area contributed by atoms with E-state index >= 15 is 0 Å². The zero-order chi connectivity index (χ0) is 28.8. The van der Waals surface area contributed by atoms with Gasteiger partial charge < -0.3 is 31.4 Å². The van der Waals surface area contributed by atoms with E-state index in [-0.39, 0.29) is 23.0 Å². The molecule has 4 aliphatic carbocycles. The predicted molar refractivity (Wildman–Crippen MR) is 164 cm³/mol. The maximum atomic E-state index is 6.92. The highest BCUT2D eigenvalue weighted by Crippen LogP contribution is 2.70. The van der Waals surface area contributed by atoms with Crippen LogP contribution in [0.5, 0.6) is 0 Å². The van der Waals surface area contributed by atoms with Crippen LogP contribution in [0.3, 0.4) is 0 Å². The van der Waals surface area contributed by atoms with Crippen molar-refractivity contribution < 1.29 is 14.2 Å². The number of nitrogens with two attached hydrogens (primary N) is 3. The summed E-state index contributed by atoms with van der Waals surface area (Å²) < 4.78 is 20.1. The van der Waals surface area contributed by atoms with Crippen molar-refractivity contribution in [3.8, 4) is 0 Å². The van der Waals surface area contributed by atoms with Gasteiger partial charge in [0.25, 0.3) is 0 Å². The Morgan fingerprint density at radius 1 is 0.825 bits per heavy atom. The quantitative estimate of drug-likeness (QED) is 0.205. The minimum absolute atomic E-state index is 0.166. The lowest BCUT2D eigenvalue weighted by Crippen LogP contribution is -2.62. The second-order valence-electron chi connectivity index (χ2n) is 14.1. The standard InChI is InChI=1S/C34H63N3O3/c1-5-6-10-24(2)27-11-12-28-32-29(23-31(34(27,28)4)40-20-9-17-37)33(3)14-13-26(38-18-7-15-35)21-25(33)22-30(32)39-19-8-16-36/h24,26-31H,5-23,35-37H2,1-4H3/t24-,26-,27-,28+,29+,30-,31+,33+,34-/m1/s1. The van der Waals surface area contributed by atoms with Gasteiger partial charge >= 0.3 is 0 Å². The lowest BCUT2D eigenvalue weighted by Gasteiger charge is -2.64. The van der Waals surface area contributed by atoms with Gasteiger partial charge in [-0.2, -0.15) is 0 Å². The molecule has 6 N–H and O–H groups in total. The minimum atomic E-state index is 0.166. The molecule has 0 aromatic carbocycles. The summed E-state index contributed by atoms with van der Waals surface area (Å²) in [6.07, 6.45) is 15.8. The Morgan fingerprint density at radius 2 is 1.50 bits per heavy atom. The molecule has 4 aliphatic rings. The monoisotopic (exact) mass is 561 g/mol. The summed E-state index contributed by atoms with van der Waals surface area (Å²) in [5.74, 6) is 5.95. The second kappa shape index (κ2) is 15.0. The molecule has 0 aliphatic heterocycles. The first-order valence-corrected chi connectivity index (χ1v) is 17.0. The van der Waals surface area contributed by atoms with E-state index in [2.05, 4.69) is 27.7 Å². The number of hydrogen-bond acceptors (Lipinski definition) is 6. The van der Waals surface area contributed by atoms with Crippen LogP contribution in [0.1, 0.15) is 111 Å². The summed E-state index contributed by atoms with van der Waals surface area (Å²) in [5, 5.41) is 0. The topological polar surface area (TPSA) is 106 Å². The van der Waals surface area contributed by atoms with E-state index in [1.807, 2.05) is 0 Å². The van der Waals surface area contributed by atoms with E-state index in [0.717, 1.165) is 70.7 Å². The molecule has 0 aromatic rings. The van der Waals surface area contributed by atoms with Gasteiger partial charge in [0.15, 0.2) is 0 Å². The van der Waals surface area contributed by atoms with Crippen LogP contribution in [0, 0.1) is 46.3 Å². The number of hydrogen-bond donors (Lipinski definition) is 3. The third-order valence-corrected chi connectivity index (χ3v) is 11.8. The Hall–Kier alpha value is -0.240. The molecule has 0 saturated heterocycles. The van der Waals surface area contributed by atoms with Crippen LogP contribution in [-0.2, 0) is 14.2 Å². The van der Waals surface area contributed by atoms with Gasteiger partial charge in [0.2, 0.25) is 0 Å². The lowest BCUT2D eigenvalue weighted by atomic mass is 9.43. The highest BCUT2D eigenvalue weighted by molar-refractivity contribution is 5.32. The zero-order valence-corrected chi connectivity index (χ0v) is 26.4. The fraction of sp³-hybridized carbons (Fsp3) is 0.941. The Balaban J connectivity index is 1.64. The lowest BCUT2D eigenvalue weighted by molar-refractivity contribution is -0.152. The number of unbranched alkanes of at least 4 members (excludes halogenated alkanes) is 1. The number of ether oxygens (including phenoxy) is 3. The van der Waals surface area contributed by atoms with Crippen LogP contribution in [0.25, 0.3) is 0 Å². The van der Waals surface area contributed by atoms with E-state index in [1.165, 1.54) is 38.5 Å². The molecule has 0 bridgehead atoms. The molecule has 4 fully saturated rings. The largest absolute Gasteiger partial charge is 0.378 e. The molecule has 6 heteroatoms. The third-order valence-electron chi connectivity index (χ3n) is 11.8. The van der Waals surface area contributed by atoms with Gasteiger partial charge in [0, 0.05) is 31.2 Å². The first-order valence-electron chi connectivity index (χ1n) is 17.0. The Kier molecular flexibility index (Phi) is 12.2. The van der Waals surface area contributed by atoms with Crippen LogP contribution in [0.15, 0.2) is 0 Å². The molecular weight excluding hydrogens is 498 g/mol. The smallest absolute Gasteiger partial charge is 0.0649 e. The normalized spacial score (nSPS) is 39.1. The maximum absolute atomic E-state index is 6.92. The van der Waals surface area contributed by atoms with Crippen LogP contribution in [0.4, 0.5) is 0 Å². The molecule has 0 heterocycles. The summed E-state index contributed by atoms with van der Waals surface area (Å²) in [6.45, 7) is 14.4. The first-order chi connectivity index (χ1) is 19.3. The number of rotatable bonds is 16. The molecule has 0 aromatic heterocycles. The van der Waals surface area contributed by atoms with Crippen LogP contribution >= 0.6 is 0 Å². The highest BCUT2D eigenvalue weighted by Gasteiger charge is 2.67. The predicted octanol–water partition coefficient (Wildman–Crippen LogP) is 5.81.